The summed E-state index contributed by atoms with van der Waals surface area (Å²) in [6.07, 6.45) is 0.484. The Morgan fingerprint density at radius 3 is 2.50 bits per heavy atom. The van der Waals surface area contributed by atoms with Crippen LogP contribution in [0.2, 0.25) is 0 Å². The van der Waals surface area contributed by atoms with Crippen LogP contribution in [-0.4, -0.2) is 24.2 Å². The van der Waals surface area contributed by atoms with E-state index in [1.54, 1.807) is 0 Å². The second kappa shape index (κ2) is 5.95. The first-order valence-corrected chi connectivity index (χ1v) is 5.36. The van der Waals surface area contributed by atoms with E-state index in [2.05, 4.69) is 18.4 Å². The summed E-state index contributed by atoms with van der Waals surface area (Å²) >= 11 is 0. The molecule has 0 heterocycles. The molecule has 1 aromatic rings. The van der Waals surface area contributed by atoms with E-state index in [0.29, 0.717) is 13.0 Å². The van der Waals surface area contributed by atoms with Gasteiger partial charge in [-0.2, -0.15) is 0 Å². The van der Waals surface area contributed by atoms with Gasteiger partial charge in [-0.05, 0) is 25.5 Å². The predicted molar refractivity (Wildman–Crippen MR) is 65.7 cm³/mol. The minimum Gasteiger partial charge on any atom is -0.478 e. The van der Waals surface area contributed by atoms with E-state index in [1.807, 2.05) is 30.3 Å². The molecule has 0 radical (unpaired) electrons. The zero-order valence-corrected chi connectivity index (χ0v) is 9.52. The summed E-state index contributed by atoms with van der Waals surface area (Å²) in [5.41, 5.74) is 1.37. The Bertz CT molecular complexity index is 359. The molecule has 1 rings (SSSR count). The first kappa shape index (κ1) is 12.3. The number of nitrogens with zero attached hydrogens (tertiary/aromatic N) is 1. The number of para-hydroxylation sites is 1. The van der Waals surface area contributed by atoms with E-state index in [0.717, 1.165) is 12.2 Å². The molecule has 0 fully saturated rings. The summed E-state index contributed by atoms with van der Waals surface area (Å²) in [5.74, 6) is -0.913. The van der Waals surface area contributed by atoms with Gasteiger partial charge in [0.25, 0.3) is 0 Å². The highest BCUT2D eigenvalue weighted by Crippen LogP contribution is 2.14. The number of carboxylic acid groups (broad SMARTS) is 1. The fraction of sp³-hybridized carbons (Fsp3) is 0.308. The zero-order chi connectivity index (χ0) is 12.0. The maximum Gasteiger partial charge on any atom is 0.331 e. The van der Waals surface area contributed by atoms with Crippen LogP contribution in [0.4, 0.5) is 5.69 Å². The van der Waals surface area contributed by atoms with Gasteiger partial charge in [-0.25, -0.2) is 4.79 Å². The molecular weight excluding hydrogens is 202 g/mol. The molecule has 1 aromatic carbocycles. The van der Waals surface area contributed by atoms with Crippen molar-refractivity contribution in [3.63, 3.8) is 0 Å². The minimum atomic E-state index is -0.913. The summed E-state index contributed by atoms with van der Waals surface area (Å²) in [5, 5.41) is 8.72. The Labute approximate surface area is 96.0 Å². The average molecular weight is 219 g/mol. The molecule has 0 saturated carbocycles. The van der Waals surface area contributed by atoms with Crippen molar-refractivity contribution < 1.29 is 9.90 Å². The number of hydrogen-bond donors (Lipinski definition) is 1. The number of aliphatic carboxylic acids is 1. The van der Waals surface area contributed by atoms with Crippen molar-refractivity contribution in [2.24, 2.45) is 0 Å². The summed E-state index contributed by atoms with van der Waals surface area (Å²) in [7, 11) is 0. The normalized spacial score (nSPS) is 9.81. The van der Waals surface area contributed by atoms with Crippen LogP contribution < -0.4 is 4.90 Å². The van der Waals surface area contributed by atoms with Crippen molar-refractivity contribution in [1.29, 1.82) is 0 Å². The van der Waals surface area contributed by atoms with Crippen LogP contribution in [-0.2, 0) is 4.79 Å². The third-order valence-electron chi connectivity index (χ3n) is 2.49. The van der Waals surface area contributed by atoms with Crippen LogP contribution in [0, 0.1) is 0 Å². The largest absolute Gasteiger partial charge is 0.478 e. The topological polar surface area (TPSA) is 40.5 Å². The molecule has 1 N–H and O–H groups in total. The van der Waals surface area contributed by atoms with Crippen molar-refractivity contribution in [2.45, 2.75) is 13.3 Å². The van der Waals surface area contributed by atoms with E-state index in [4.69, 9.17) is 5.11 Å². The number of carboxylic acids is 1. The molecule has 0 amide bonds. The number of carbonyl (C=O) groups is 1. The Morgan fingerprint density at radius 1 is 1.38 bits per heavy atom. The van der Waals surface area contributed by atoms with Crippen LogP contribution in [0.5, 0.6) is 0 Å². The molecule has 0 saturated heterocycles. The van der Waals surface area contributed by atoms with Gasteiger partial charge in [0.15, 0.2) is 0 Å². The lowest BCUT2D eigenvalue weighted by Crippen LogP contribution is -2.24. The zero-order valence-electron chi connectivity index (χ0n) is 9.52. The fourth-order valence-corrected chi connectivity index (χ4v) is 1.49. The Balaban J connectivity index is 2.57. The summed E-state index contributed by atoms with van der Waals surface area (Å²) in [6, 6.07) is 9.96. The molecular formula is C13H17NO2. The van der Waals surface area contributed by atoms with Gasteiger partial charge >= 0.3 is 5.97 Å². The SMILES string of the molecule is C=C(CCN(CC)c1ccccc1)C(=O)O. The first-order valence-electron chi connectivity index (χ1n) is 5.36. The maximum atomic E-state index is 10.6. The average Bonchev–Trinajstić information content (AvgIpc) is 2.30. The van der Waals surface area contributed by atoms with Crippen molar-refractivity contribution in [3.05, 3.63) is 42.5 Å². The van der Waals surface area contributed by atoms with E-state index in [1.165, 1.54) is 0 Å². The molecule has 0 atom stereocenters. The Hall–Kier alpha value is -1.77. The lowest BCUT2D eigenvalue weighted by atomic mass is 10.2. The van der Waals surface area contributed by atoms with Gasteiger partial charge in [0.1, 0.15) is 0 Å². The smallest absolute Gasteiger partial charge is 0.331 e. The van der Waals surface area contributed by atoms with Crippen molar-refractivity contribution in [1.82, 2.24) is 0 Å². The van der Waals surface area contributed by atoms with Crippen LogP contribution in [0.25, 0.3) is 0 Å². The molecule has 16 heavy (non-hydrogen) atoms. The fourth-order valence-electron chi connectivity index (χ4n) is 1.49. The Kier molecular flexibility index (Phi) is 4.58. The van der Waals surface area contributed by atoms with Crippen molar-refractivity contribution in [3.8, 4) is 0 Å². The monoisotopic (exact) mass is 219 g/mol. The van der Waals surface area contributed by atoms with E-state index in [-0.39, 0.29) is 5.57 Å². The van der Waals surface area contributed by atoms with Crippen LogP contribution >= 0.6 is 0 Å². The highest BCUT2D eigenvalue weighted by molar-refractivity contribution is 5.85. The minimum absolute atomic E-state index is 0.259. The summed E-state index contributed by atoms with van der Waals surface area (Å²) in [4.78, 5) is 12.8. The molecule has 0 aliphatic rings. The third-order valence-corrected chi connectivity index (χ3v) is 2.49. The lowest BCUT2D eigenvalue weighted by Gasteiger charge is -2.22. The van der Waals surface area contributed by atoms with Gasteiger partial charge in [-0.1, -0.05) is 24.8 Å². The van der Waals surface area contributed by atoms with Crippen LogP contribution in [0.15, 0.2) is 42.5 Å². The van der Waals surface area contributed by atoms with Gasteiger partial charge in [-0.3, -0.25) is 0 Å². The lowest BCUT2D eigenvalue weighted by molar-refractivity contribution is -0.132. The second-order valence-corrected chi connectivity index (χ2v) is 3.57. The van der Waals surface area contributed by atoms with Crippen molar-refractivity contribution in [2.75, 3.05) is 18.0 Å². The predicted octanol–water partition coefficient (Wildman–Crippen LogP) is 2.54. The van der Waals surface area contributed by atoms with E-state index in [9.17, 15) is 4.79 Å². The maximum absolute atomic E-state index is 10.6. The number of benzene rings is 1. The third kappa shape index (κ3) is 3.42. The molecule has 3 nitrogen and oxygen atoms in total. The van der Waals surface area contributed by atoms with Crippen LogP contribution in [0.1, 0.15) is 13.3 Å². The second-order valence-electron chi connectivity index (χ2n) is 3.57. The molecule has 0 aliphatic carbocycles. The van der Waals surface area contributed by atoms with Gasteiger partial charge in [0, 0.05) is 24.4 Å². The molecule has 3 heteroatoms. The molecule has 0 bridgehead atoms. The van der Waals surface area contributed by atoms with Gasteiger partial charge < -0.3 is 10.0 Å². The number of anilines is 1. The highest BCUT2D eigenvalue weighted by atomic mass is 16.4. The van der Waals surface area contributed by atoms with Crippen molar-refractivity contribution >= 4 is 11.7 Å². The molecule has 86 valence electrons. The molecule has 0 aliphatic heterocycles. The van der Waals surface area contributed by atoms with E-state index >= 15 is 0 Å². The first-order chi connectivity index (χ1) is 7.65. The summed E-state index contributed by atoms with van der Waals surface area (Å²) in [6.45, 7) is 7.12. The quantitative estimate of drug-likeness (QED) is 0.747. The standard InChI is InChI=1S/C13H17NO2/c1-3-14(10-9-11(2)13(15)16)12-7-5-4-6-8-12/h4-8H,2-3,9-10H2,1H3,(H,15,16). The molecule has 0 spiro atoms. The summed E-state index contributed by atoms with van der Waals surface area (Å²) < 4.78 is 0. The Morgan fingerprint density at radius 2 is 2.00 bits per heavy atom. The van der Waals surface area contributed by atoms with Gasteiger partial charge in [0.2, 0.25) is 0 Å². The van der Waals surface area contributed by atoms with Gasteiger partial charge in [0.05, 0.1) is 0 Å². The van der Waals surface area contributed by atoms with Crippen LogP contribution in [0.3, 0.4) is 0 Å². The molecule has 0 unspecified atom stereocenters. The highest BCUT2D eigenvalue weighted by Gasteiger charge is 2.07. The molecule has 0 aromatic heterocycles. The van der Waals surface area contributed by atoms with Gasteiger partial charge in [-0.15, -0.1) is 0 Å². The number of hydrogen-bond acceptors (Lipinski definition) is 2. The number of rotatable bonds is 6. The van der Waals surface area contributed by atoms with E-state index < -0.39 is 5.97 Å².